The van der Waals surface area contributed by atoms with Gasteiger partial charge in [0.1, 0.15) is 5.82 Å². The molecule has 5 heteroatoms. The lowest BCUT2D eigenvalue weighted by molar-refractivity contribution is -0.898. The van der Waals surface area contributed by atoms with E-state index in [-0.39, 0.29) is 5.91 Å². The molecule has 3 N–H and O–H groups in total. The molecule has 0 radical (unpaired) electrons. The molecule has 1 amide bonds. The summed E-state index contributed by atoms with van der Waals surface area (Å²) in [5.41, 5.74) is 5.37. The normalized spacial score (nSPS) is 19.9. The number of imidazole rings is 1. The summed E-state index contributed by atoms with van der Waals surface area (Å²) >= 11 is 0. The Morgan fingerprint density at radius 1 is 1.22 bits per heavy atom. The number of nitrogens with one attached hydrogen (secondary N) is 3. The Balaban J connectivity index is 1.40. The number of hydrogen-bond acceptors (Lipinski definition) is 2. The molecule has 2 aromatic carbocycles. The molecule has 0 aliphatic carbocycles. The fraction of sp³-hybridized carbons (Fsp3) is 0.364. The Labute approximate surface area is 159 Å². The van der Waals surface area contributed by atoms with E-state index in [4.69, 9.17) is 4.98 Å². The minimum Gasteiger partial charge on any atom is -0.342 e. The number of rotatable bonds is 4. The minimum absolute atomic E-state index is 0.0870. The summed E-state index contributed by atoms with van der Waals surface area (Å²) in [6, 6.07) is 14.2. The lowest BCUT2D eigenvalue weighted by Crippen LogP contribution is -3.14. The number of hydrogen-bond donors (Lipinski definition) is 3. The highest BCUT2D eigenvalue weighted by atomic mass is 16.2. The Hall–Kier alpha value is -2.66. The Morgan fingerprint density at radius 3 is 2.93 bits per heavy atom. The van der Waals surface area contributed by atoms with Gasteiger partial charge in [0.25, 0.3) is 5.91 Å². The summed E-state index contributed by atoms with van der Waals surface area (Å²) in [5, 5.41) is 3.09. The molecule has 4 rings (SSSR count). The van der Waals surface area contributed by atoms with E-state index in [0.717, 1.165) is 54.0 Å². The first kappa shape index (κ1) is 17.7. The first-order valence-electron chi connectivity index (χ1n) is 9.74. The number of fused-ring (bicyclic) bond motifs is 1. The predicted octanol–water partition coefficient (Wildman–Crippen LogP) is 2.58. The molecule has 0 spiro atoms. The number of para-hydroxylation sites is 2. The van der Waals surface area contributed by atoms with Gasteiger partial charge in [-0.25, -0.2) is 4.98 Å². The number of quaternary nitrogens is 1. The molecule has 0 bridgehead atoms. The molecule has 3 aromatic rings. The molecule has 140 valence electrons. The molecule has 1 unspecified atom stereocenters. The molecule has 1 fully saturated rings. The van der Waals surface area contributed by atoms with Crippen molar-refractivity contribution in [1.29, 1.82) is 0 Å². The lowest BCUT2D eigenvalue weighted by atomic mass is 9.97. The van der Waals surface area contributed by atoms with Gasteiger partial charge in [0, 0.05) is 5.69 Å². The van der Waals surface area contributed by atoms with Gasteiger partial charge >= 0.3 is 0 Å². The van der Waals surface area contributed by atoms with Crippen LogP contribution in [0.25, 0.3) is 11.0 Å². The highest BCUT2D eigenvalue weighted by Crippen LogP contribution is 2.22. The van der Waals surface area contributed by atoms with Gasteiger partial charge in [0.05, 0.1) is 30.0 Å². The first-order chi connectivity index (χ1) is 13.1. The molecule has 1 aromatic heterocycles. The van der Waals surface area contributed by atoms with Crippen LogP contribution in [0.3, 0.4) is 0 Å². The van der Waals surface area contributed by atoms with Crippen molar-refractivity contribution in [1.82, 2.24) is 9.97 Å². The zero-order valence-electron chi connectivity index (χ0n) is 16.0. The third kappa shape index (κ3) is 3.88. The Bertz CT molecular complexity index is 929. The average molecular weight is 363 g/mol. The zero-order valence-corrected chi connectivity index (χ0v) is 16.0. The van der Waals surface area contributed by atoms with Gasteiger partial charge in [-0.2, -0.15) is 0 Å². The van der Waals surface area contributed by atoms with Crippen molar-refractivity contribution in [3.8, 4) is 0 Å². The number of carbonyl (C=O) groups is 1. The minimum atomic E-state index is 0.0870. The molecule has 5 nitrogen and oxygen atoms in total. The van der Waals surface area contributed by atoms with Crippen molar-refractivity contribution >= 4 is 22.6 Å². The van der Waals surface area contributed by atoms with Gasteiger partial charge in [-0.1, -0.05) is 24.3 Å². The summed E-state index contributed by atoms with van der Waals surface area (Å²) in [6.45, 7) is 6.61. The summed E-state index contributed by atoms with van der Waals surface area (Å²) in [7, 11) is 0. The van der Waals surface area contributed by atoms with Crippen molar-refractivity contribution in [2.75, 3.05) is 25.0 Å². The predicted molar refractivity (Wildman–Crippen MR) is 108 cm³/mol. The molecular weight excluding hydrogens is 336 g/mol. The van der Waals surface area contributed by atoms with Crippen molar-refractivity contribution in [2.45, 2.75) is 32.6 Å². The van der Waals surface area contributed by atoms with Gasteiger partial charge in [-0.05, 0) is 56.0 Å². The highest BCUT2D eigenvalue weighted by molar-refractivity contribution is 5.92. The van der Waals surface area contributed by atoms with Crippen LogP contribution in [0.4, 0.5) is 5.69 Å². The Kier molecular flexibility index (Phi) is 4.94. The first-order valence-corrected chi connectivity index (χ1v) is 9.74. The van der Waals surface area contributed by atoms with Crippen molar-refractivity contribution in [3.05, 3.63) is 59.4 Å². The average Bonchev–Trinajstić information content (AvgIpc) is 3.10. The third-order valence-electron chi connectivity index (χ3n) is 5.70. The number of aromatic nitrogens is 2. The second-order valence-corrected chi connectivity index (χ2v) is 7.65. The summed E-state index contributed by atoms with van der Waals surface area (Å²) in [4.78, 5) is 22.1. The molecular formula is C22H27N4O+. The van der Waals surface area contributed by atoms with Gasteiger partial charge in [0.2, 0.25) is 0 Å². The van der Waals surface area contributed by atoms with Crippen LogP contribution >= 0.6 is 0 Å². The Morgan fingerprint density at radius 2 is 2.07 bits per heavy atom. The van der Waals surface area contributed by atoms with E-state index >= 15 is 0 Å². The maximum Gasteiger partial charge on any atom is 0.279 e. The summed E-state index contributed by atoms with van der Waals surface area (Å²) < 4.78 is 0. The van der Waals surface area contributed by atoms with Crippen LogP contribution in [0.15, 0.2) is 42.5 Å². The largest absolute Gasteiger partial charge is 0.342 e. The molecule has 1 aliphatic rings. The molecule has 27 heavy (non-hydrogen) atoms. The maximum atomic E-state index is 12.6. The van der Waals surface area contributed by atoms with Gasteiger partial charge in [-0.3, -0.25) is 4.79 Å². The summed E-state index contributed by atoms with van der Waals surface area (Å²) in [6.07, 6.45) is 2.25. The SMILES string of the molecule is Cc1cccc(NC(=O)C[NH+]2CCC[C@H](c3nc4ccccc4[nH]3)C2)c1C. The molecule has 0 saturated carbocycles. The van der Waals surface area contributed by atoms with Crippen LogP contribution < -0.4 is 10.2 Å². The topological polar surface area (TPSA) is 62.2 Å². The smallest absolute Gasteiger partial charge is 0.279 e. The zero-order chi connectivity index (χ0) is 18.8. The fourth-order valence-electron chi connectivity index (χ4n) is 4.02. The van der Waals surface area contributed by atoms with Crippen LogP contribution in [0.2, 0.25) is 0 Å². The molecule has 2 atom stereocenters. The number of aromatic amines is 1. The molecule has 1 saturated heterocycles. The highest BCUT2D eigenvalue weighted by Gasteiger charge is 2.28. The van der Waals surface area contributed by atoms with Gasteiger partial charge < -0.3 is 15.2 Å². The molecule has 1 aliphatic heterocycles. The van der Waals surface area contributed by atoms with Crippen LogP contribution in [0, 0.1) is 13.8 Å². The van der Waals surface area contributed by atoms with Gasteiger partial charge in [0.15, 0.2) is 6.54 Å². The standard InChI is InChI=1S/C22H26N4O/c1-15-7-5-11-18(16(15)2)23-21(27)14-26-12-6-8-17(13-26)22-24-19-9-3-4-10-20(19)25-22/h3-5,7,9-11,17H,6,8,12-14H2,1-2H3,(H,23,27)(H,24,25)/p+1/t17-/m0/s1. The van der Waals surface area contributed by atoms with Crippen molar-refractivity contribution in [2.24, 2.45) is 0 Å². The molecule has 2 heterocycles. The number of piperidine rings is 1. The third-order valence-corrected chi connectivity index (χ3v) is 5.70. The van der Waals surface area contributed by atoms with Crippen LogP contribution in [-0.4, -0.2) is 35.5 Å². The second-order valence-electron chi connectivity index (χ2n) is 7.65. The van der Waals surface area contributed by atoms with E-state index < -0.39 is 0 Å². The monoisotopic (exact) mass is 363 g/mol. The van der Waals surface area contributed by atoms with E-state index in [1.54, 1.807) is 0 Å². The van der Waals surface area contributed by atoms with E-state index in [0.29, 0.717) is 12.5 Å². The van der Waals surface area contributed by atoms with Crippen molar-refractivity contribution in [3.63, 3.8) is 0 Å². The van der Waals surface area contributed by atoms with E-state index in [1.165, 1.54) is 10.5 Å². The maximum absolute atomic E-state index is 12.6. The number of anilines is 1. The number of likely N-dealkylation sites (tertiary alicyclic amines) is 1. The number of H-pyrrole nitrogens is 1. The number of carbonyl (C=O) groups excluding carboxylic acids is 1. The number of nitrogens with zero attached hydrogens (tertiary/aromatic N) is 1. The lowest BCUT2D eigenvalue weighted by Gasteiger charge is -2.28. The van der Waals surface area contributed by atoms with E-state index in [2.05, 4.69) is 36.3 Å². The van der Waals surface area contributed by atoms with Crippen LogP contribution in [0.1, 0.15) is 35.7 Å². The quantitative estimate of drug-likeness (QED) is 0.667. The van der Waals surface area contributed by atoms with Crippen LogP contribution in [-0.2, 0) is 4.79 Å². The van der Waals surface area contributed by atoms with Crippen LogP contribution in [0.5, 0.6) is 0 Å². The second kappa shape index (κ2) is 7.53. The van der Waals surface area contributed by atoms with Gasteiger partial charge in [-0.15, -0.1) is 0 Å². The number of benzene rings is 2. The van der Waals surface area contributed by atoms with E-state index in [1.807, 2.05) is 30.3 Å². The number of amides is 1. The summed E-state index contributed by atoms with van der Waals surface area (Å²) in [5.74, 6) is 1.53. The fourth-order valence-corrected chi connectivity index (χ4v) is 4.02. The van der Waals surface area contributed by atoms with E-state index in [9.17, 15) is 4.79 Å². The van der Waals surface area contributed by atoms with Crippen molar-refractivity contribution < 1.29 is 9.69 Å². The number of aryl methyl sites for hydroxylation is 1.